The average Bonchev–Trinajstić information content (AvgIpc) is 2.04. The molecule has 0 radical (unpaired) electrons. The van der Waals surface area contributed by atoms with Gasteiger partial charge in [0, 0.05) is 17.1 Å². The Kier molecular flexibility index (Phi) is 4.02. The van der Waals surface area contributed by atoms with Gasteiger partial charge in [0.15, 0.2) is 4.77 Å². The van der Waals surface area contributed by atoms with Crippen LogP contribution in [-0.2, 0) is 0 Å². The molecule has 0 spiro atoms. The van der Waals surface area contributed by atoms with Crippen LogP contribution in [-0.4, -0.2) is 9.97 Å². The molecule has 0 fully saturated rings. The van der Waals surface area contributed by atoms with Crippen molar-refractivity contribution < 1.29 is 54.2 Å². The van der Waals surface area contributed by atoms with E-state index in [4.69, 9.17) is 12.2 Å². The molecule has 56 valence electrons. The Morgan fingerprint density at radius 3 is 3.00 bits per heavy atom. The smallest absolute Gasteiger partial charge is 1.00 e. The van der Waals surface area contributed by atoms with E-state index in [1.807, 2.05) is 24.3 Å². The second-order valence-electron chi connectivity index (χ2n) is 2.28. The minimum Gasteiger partial charge on any atom is -1.00 e. The van der Waals surface area contributed by atoms with Crippen molar-refractivity contribution in [2.24, 2.45) is 0 Å². The molecular formula is C8H8KN2S+. The van der Waals surface area contributed by atoms with Crippen LogP contribution >= 0.6 is 12.2 Å². The predicted octanol–water partition coefficient (Wildman–Crippen LogP) is -0.479. The zero-order chi connectivity index (χ0) is 7.68. The fourth-order valence-electron chi connectivity index (χ4n) is 0.999. The van der Waals surface area contributed by atoms with Gasteiger partial charge in [-0.3, -0.25) is 0 Å². The van der Waals surface area contributed by atoms with Crippen LogP contribution in [0.1, 0.15) is 2.85 Å². The van der Waals surface area contributed by atoms with E-state index in [2.05, 4.69) is 9.97 Å². The average molecular weight is 203 g/mol. The van der Waals surface area contributed by atoms with E-state index < -0.39 is 0 Å². The van der Waals surface area contributed by atoms with Crippen molar-refractivity contribution in [3.8, 4) is 0 Å². The normalized spacial score (nSPS) is 9.33. The van der Waals surface area contributed by atoms with Crippen LogP contribution < -0.4 is 51.4 Å². The van der Waals surface area contributed by atoms with Crippen LogP contribution in [0, 0.1) is 4.77 Å². The first-order valence-electron chi connectivity index (χ1n) is 3.30. The van der Waals surface area contributed by atoms with E-state index in [0.717, 1.165) is 10.9 Å². The Morgan fingerprint density at radius 2 is 2.17 bits per heavy atom. The number of aromatic amines is 1. The van der Waals surface area contributed by atoms with E-state index in [1.54, 1.807) is 6.20 Å². The van der Waals surface area contributed by atoms with Gasteiger partial charge in [-0.1, -0.05) is 18.2 Å². The van der Waals surface area contributed by atoms with Gasteiger partial charge in [-0.15, -0.1) is 0 Å². The number of nitrogens with zero attached hydrogens (tertiary/aromatic N) is 1. The molecule has 0 amide bonds. The number of hydrogen-bond donors (Lipinski definition) is 1. The maximum atomic E-state index is 4.87. The molecule has 2 rings (SSSR count). The zero-order valence-electron chi connectivity index (χ0n) is 8.74. The first-order valence-corrected chi connectivity index (χ1v) is 3.71. The van der Waals surface area contributed by atoms with Gasteiger partial charge in [-0.25, -0.2) is 4.98 Å². The van der Waals surface area contributed by atoms with E-state index in [0.29, 0.717) is 4.77 Å². The third-order valence-electron chi connectivity index (χ3n) is 1.52. The molecule has 0 aliphatic heterocycles. The number of benzene rings is 1. The molecule has 1 aromatic carbocycles. The van der Waals surface area contributed by atoms with E-state index in [-0.39, 0.29) is 54.2 Å². The van der Waals surface area contributed by atoms with Crippen molar-refractivity contribution in [2.45, 2.75) is 0 Å². The molecule has 2 aromatic rings. The zero-order valence-corrected chi connectivity index (χ0v) is 10.7. The maximum Gasteiger partial charge on any atom is 1.00 e. The van der Waals surface area contributed by atoms with Crippen molar-refractivity contribution in [2.75, 3.05) is 0 Å². The molecule has 1 heterocycles. The van der Waals surface area contributed by atoms with Crippen LogP contribution in [0.4, 0.5) is 0 Å². The molecule has 0 saturated heterocycles. The Balaban J connectivity index is 0. The second kappa shape index (κ2) is 4.60. The SMILES string of the molecule is S=c1ncc2ccccc2[nH]1.[H+].[H-].[K+]. The summed E-state index contributed by atoms with van der Waals surface area (Å²) in [6.07, 6.45) is 1.77. The van der Waals surface area contributed by atoms with Crippen molar-refractivity contribution in [1.29, 1.82) is 0 Å². The van der Waals surface area contributed by atoms with E-state index in [9.17, 15) is 0 Å². The maximum absolute atomic E-state index is 4.87. The largest absolute Gasteiger partial charge is 1.00 e. The molecule has 0 saturated carbocycles. The number of fused-ring (bicyclic) bond motifs is 1. The molecule has 0 bridgehead atoms. The Labute approximate surface area is 121 Å². The van der Waals surface area contributed by atoms with Crippen molar-refractivity contribution in [1.82, 2.24) is 9.97 Å². The van der Waals surface area contributed by atoms with Gasteiger partial charge in [0.25, 0.3) is 0 Å². The molecule has 0 atom stereocenters. The molecular weight excluding hydrogens is 195 g/mol. The molecule has 2 nitrogen and oxygen atoms in total. The topological polar surface area (TPSA) is 28.7 Å². The number of hydrogen-bond acceptors (Lipinski definition) is 2. The third-order valence-corrected chi connectivity index (χ3v) is 1.73. The summed E-state index contributed by atoms with van der Waals surface area (Å²) >= 11 is 4.87. The first kappa shape index (κ1) is 10.5. The van der Waals surface area contributed by atoms with E-state index >= 15 is 0 Å². The van der Waals surface area contributed by atoms with Crippen molar-refractivity contribution >= 4 is 23.1 Å². The van der Waals surface area contributed by atoms with Crippen molar-refractivity contribution in [3.05, 3.63) is 35.2 Å². The second-order valence-corrected chi connectivity index (χ2v) is 2.66. The minimum absolute atomic E-state index is 0. The summed E-state index contributed by atoms with van der Waals surface area (Å²) in [6, 6.07) is 7.91. The van der Waals surface area contributed by atoms with Gasteiger partial charge < -0.3 is 6.41 Å². The van der Waals surface area contributed by atoms with Gasteiger partial charge in [0.05, 0.1) is 0 Å². The van der Waals surface area contributed by atoms with Gasteiger partial charge in [-0.05, 0) is 18.3 Å². The standard InChI is InChI=1S/C8H6N2S.K.H/c11-8-9-5-6-3-1-2-4-7(6)10-8;;/h1-5H,(H,9,10,11);;/q;+1;-1/p+1. The fourth-order valence-corrected chi connectivity index (χ4v) is 1.16. The quantitative estimate of drug-likeness (QED) is 0.463. The Hall–Kier alpha value is 0.416. The van der Waals surface area contributed by atoms with E-state index in [1.165, 1.54) is 0 Å². The number of nitrogens with one attached hydrogen (secondary N) is 1. The predicted molar refractivity (Wildman–Crippen MR) is 49.2 cm³/mol. The Bertz CT molecular complexity index is 446. The fraction of sp³-hybridized carbons (Fsp3) is 0. The van der Waals surface area contributed by atoms with Crippen LogP contribution in [0.25, 0.3) is 10.9 Å². The van der Waals surface area contributed by atoms with Gasteiger partial charge in [-0.2, -0.15) is 0 Å². The number of H-pyrrole nitrogens is 1. The summed E-state index contributed by atoms with van der Waals surface area (Å²) in [6.45, 7) is 0. The molecule has 4 heteroatoms. The third kappa shape index (κ3) is 2.22. The summed E-state index contributed by atoms with van der Waals surface area (Å²) in [7, 11) is 0. The van der Waals surface area contributed by atoms with Gasteiger partial charge in [0.1, 0.15) is 0 Å². The summed E-state index contributed by atoms with van der Waals surface area (Å²) in [4.78, 5) is 6.96. The molecule has 0 unspecified atom stereocenters. The molecule has 0 aliphatic rings. The molecule has 12 heavy (non-hydrogen) atoms. The molecule has 1 N–H and O–H groups in total. The molecule has 1 aromatic heterocycles. The summed E-state index contributed by atoms with van der Waals surface area (Å²) in [5.41, 5.74) is 1.03. The summed E-state index contributed by atoms with van der Waals surface area (Å²) in [5, 5.41) is 1.08. The van der Waals surface area contributed by atoms with Crippen molar-refractivity contribution in [3.63, 3.8) is 0 Å². The first-order chi connectivity index (χ1) is 5.36. The monoisotopic (exact) mass is 203 g/mol. The van der Waals surface area contributed by atoms with Gasteiger partial charge in [0.2, 0.25) is 0 Å². The van der Waals surface area contributed by atoms with Gasteiger partial charge >= 0.3 is 52.8 Å². The summed E-state index contributed by atoms with van der Waals surface area (Å²) < 4.78 is 0.531. The van der Waals surface area contributed by atoms with Crippen LogP contribution in [0.15, 0.2) is 30.5 Å². The van der Waals surface area contributed by atoms with Crippen LogP contribution in [0.3, 0.4) is 0 Å². The number of para-hydroxylation sites is 1. The Morgan fingerprint density at radius 1 is 1.42 bits per heavy atom. The van der Waals surface area contributed by atoms with Crippen LogP contribution in [0.5, 0.6) is 0 Å². The number of rotatable bonds is 0. The minimum atomic E-state index is 0. The summed E-state index contributed by atoms with van der Waals surface area (Å²) in [5.74, 6) is 0. The molecule has 0 aliphatic carbocycles. The van der Waals surface area contributed by atoms with Crippen LogP contribution in [0.2, 0.25) is 0 Å². The number of aromatic nitrogens is 2.